The zero-order valence-corrected chi connectivity index (χ0v) is 13.0. The summed E-state index contributed by atoms with van der Waals surface area (Å²) in [7, 11) is 0. The standard InChI is InChI=1S/C20H17NO3/c22-19(17-12-6-10-15-9-4-5-11-16(15)17)21-18(20(23)24)13-14-7-2-1-3-8-14/h1-12,18H,13H2,(H,21,22)(H,23,24)/t18-/m0/s1. The third kappa shape index (κ3) is 3.43. The Morgan fingerprint density at radius 3 is 2.29 bits per heavy atom. The smallest absolute Gasteiger partial charge is 0.326 e. The van der Waals surface area contributed by atoms with Crippen LogP contribution in [0.2, 0.25) is 0 Å². The van der Waals surface area contributed by atoms with Crippen LogP contribution in [-0.4, -0.2) is 23.0 Å². The van der Waals surface area contributed by atoms with Gasteiger partial charge in [-0.15, -0.1) is 0 Å². The van der Waals surface area contributed by atoms with Gasteiger partial charge in [0.1, 0.15) is 6.04 Å². The van der Waals surface area contributed by atoms with E-state index < -0.39 is 12.0 Å². The zero-order chi connectivity index (χ0) is 16.9. The first kappa shape index (κ1) is 15.7. The number of fused-ring (bicyclic) bond motifs is 1. The molecule has 2 N–H and O–H groups in total. The first-order valence-electron chi connectivity index (χ1n) is 7.70. The number of carbonyl (C=O) groups is 2. The number of benzene rings is 3. The summed E-state index contributed by atoms with van der Waals surface area (Å²) >= 11 is 0. The molecule has 24 heavy (non-hydrogen) atoms. The summed E-state index contributed by atoms with van der Waals surface area (Å²) in [5.41, 5.74) is 1.34. The molecule has 0 spiro atoms. The van der Waals surface area contributed by atoms with Gasteiger partial charge in [-0.25, -0.2) is 4.79 Å². The van der Waals surface area contributed by atoms with Gasteiger partial charge in [0.25, 0.3) is 5.91 Å². The Bertz CT molecular complexity index is 869. The number of hydrogen-bond donors (Lipinski definition) is 2. The number of carboxylic acids is 1. The molecule has 0 radical (unpaired) electrons. The summed E-state index contributed by atoms with van der Waals surface area (Å²) in [6.45, 7) is 0. The molecule has 1 atom stereocenters. The minimum absolute atomic E-state index is 0.243. The second-order valence-corrected chi connectivity index (χ2v) is 5.58. The largest absolute Gasteiger partial charge is 0.480 e. The number of nitrogens with one attached hydrogen (secondary N) is 1. The van der Waals surface area contributed by atoms with Crippen LogP contribution < -0.4 is 5.32 Å². The van der Waals surface area contributed by atoms with Gasteiger partial charge in [0, 0.05) is 12.0 Å². The van der Waals surface area contributed by atoms with Gasteiger partial charge in [0.15, 0.2) is 0 Å². The molecule has 0 aliphatic heterocycles. The Hall–Kier alpha value is -3.14. The molecule has 120 valence electrons. The number of carboxylic acid groups (broad SMARTS) is 1. The molecule has 0 aliphatic rings. The SMILES string of the molecule is O=C(N[C@@H](Cc1ccccc1)C(=O)O)c1cccc2ccccc12. The van der Waals surface area contributed by atoms with Crippen molar-refractivity contribution in [3.05, 3.63) is 83.9 Å². The second-order valence-electron chi connectivity index (χ2n) is 5.58. The molecule has 1 amide bonds. The maximum atomic E-state index is 12.6. The highest BCUT2D eigenvalue weighted by molar-refractivity contribution is 6.07. The predicted octanol–water partition coefficient (Wildman–Crippen LogP) is 3.27. The quantitative estimate of drug-likeness (QED) is 0.758. The van der Waals surface area contributed by atoms with Crippen LogP contribution in [0.4, 0.5) is 0 Å². The molecule has 0 fully saturated rings. The van der Waals surface area contributed by atoms with E-state index in [1.165, 1.54) is 0 Å². The van der Waals surface area contributed by atoms with E-state index >= 15 is 0 Å². The van der Waals surface area contributed by atoms with Crippen LogP contribution in [0.25, 0.3) is 10.8 Å². The number of amides is 1. The van der Waals surface area contributed by atoms with Gasteiger partial charge in [0.2, 0.25) is 0 Å². The summed E-state index contributed by atoms with van der Waals surface area (Å²) in [5.74, 6) is -1.43. The predicted molar refractivity (Wildman–Crippen MR) is 93.0 cm³/mol. The van der Waals surface area contributed by atoms with Crippen LogP contribution in [0.5, 0.6) is 0 Å². The fraction of sp³-hybridized carbons (Fsp3) is 0.100. The molecule has 3 aromatic rings. The summed E-state index contributed by atoms with van der Waals surface area (Å²) in [6.07, 6.45) is 0.243. The van der Waals surface area contributed by atoms with E-state index in [1.54, 1.807) is 12.1 Å². The Balaban J connectivity index is 1.84. The van der Waals surface area contributed by atoms with Crippen LogP contribution in [0.3, 0.4) is 0 Å². The average Bonchev–Trinajstić information content (AvgIpc) is 2.61. The van der Waals surface area contributed by atoms with Crippen LogP contribution in [0.15, 0.2) is 72.8 Å². The first-order valence-corrected chi connectivity index (χ1v) is 7.70. The Labute approximate surface area is 139 Å². The van der Waals surface area contributed by atoms with E-state index in [9.17, 15) is 14.7 Å². The molecule has 0 unspecified atom stereocenters. The number of rotatable bonds is 5. The van der Waals surface area contributed by atoms with Crippen LogP contribution in [0.1, 0.15) is 15.9 Å². The van der Waals surface area contributed by atoms with Crippen molar-refractivity contribution in [3.8, 4) is 0 Å². The lowest BCUT2D eigenvalue weighted by atomic mass is 10.0. The van der Waals surface area contributed by atoms with E-state index in [2.05, 4.69) is 5.32 Å². The molecule has 0 bridgehead atoms. The van der Waals surface area contributed by atoms with Gasteiger partial charge in [-0.3, -0.25) is 4.79 Å². The van der Waals surface area contributed by atoms with Gasteiger partial charge in [-0.1, -0.05) is 66.7 Å². The first-order chi connectivity index (χ1) is 11.6. The lowest BCUT2D eigenvalue weighted by molar-refractivity contribution is -0.139. The van der Waals surface area contributed by atoms with Crippen molar-refractivity contribution < 1.29 is 14.7 Å². The van der Waals surface area contributed by atoms with Crippen LogP contribution in [-0.2, 0) is 11.2 Å². The summed E-state index contributed by atoms with van der Waals surface area (Å²) in [5, 5.41) is 13.8. The van der Waals surface area contributed by atoms with E-state index in [0.717, 1.165) is 16.3 Å². The highest BCUT2D eigenvalue weighted by Gasteiger charge is 2.21. The summed E-state index contributed by atoms with van der Waals surface area (Å²) < 4.78 is 0. The van der Waals surface area contributed by atoms with Crippen LogP contribution >= 0.6 is 0 Å². The van der Waals surface area contributed by atoms with Gasteiger partial charge >= 0.3 is 5.97 Å². The molecular weight excluding hydrogens is 302 g/mol. The molecule has 4 heteroatoms. The Morgan fingerprint density at radius 2 is 1.54 bits per heavy atom. The van der Waals surface area contributed by atoms with Gasteiger partial charge in [-0.2, -0.15) is 0 Å². The highest BCUT2D eigenvalue weighted by atomic mass is 16.4. The minimum atomic E-state index is -1.05. The van der Waals surface area contributed by atoms with E-state index in [4.69, 9.17) is 0 Å². The third-order valence-electron chi connectivity index (χ3n) is 3.92. The molecule has 0 saturated heterocycles. The van der Waals surface area contributed by atoms with Crippen molar-refractivity contribution in [2.24, 2.45) is 0 Å². The molecule has 0 saturated carbocycles. The highest BCUT2D eigenvalue weighted by Crippen LogP contribution is 2.18. The van der Waals surface area contributed by atoms with Crippen molar-refractivity contribution in [3.63, 3.8) is 0 Å². The molecule has 4 nitrogen and oxygen atoms in total. The molecule has 3 rings (SSSR count). The summed E-state index contributed by atoms with van der Waals surface area (Å²) in [6, 6.07) is 21.3. The fourth-order valence-electron chi connectivity index (χ4n) is 2.71. The number of aliphatic carboxylic acids is 1. The van der Waals surface area contributed by atoms with E-state index in [1.807, 2.05) is 60.7 Å². The summed E-state index contributed by atoms with van der Waals surface area (Å²) in [4.78, 5) is 24.1. The maximum Gasteiger partial charge on any atom is 0.326 e. The number of carbonyl (C=O) groups excluding carboxylic acids is 1. The van der Waals surface area contributed by atoms with Gasteiger partial charge in [-0.05, 0) is 22.4 Å². The van der Waals surface area contributed by atoms with E-state index in [0.29, 0.717) is 5.56 Å². The molecule has 0 heterocycles. The van der Waals surface area contributed by atoms with Crippen molar-refractivity contribution >= 4 is 22.6 Å². The minimum Gasteiger partial charge on any atom is -0.480 e. The Kier molecular flexibility index (Phi) is 4.57. The van der Waals surface area contributed by atoms with Crippen molar-refractivity contribution in [1.29, 1.82) is 0 Å². The van der Waals surface area contributed by atoms with Crippen LogP contribution in [0, 0.1) is 0 Å². The van der Waals surface area contributed by atoms with Gasteiger partial charge in [0.05, 0.1) is 0 Å². The number of hydrogen-bond acceptors (Lipinski definition) is 2. The topological polar surface area (TPSA) is 66.4 Å². The van der Waals surface area contributed by atoms with Crippen molar-refractivity contribution in [2.45, 2.75) is 12.5 Å². The zero-order valence-electron chi connectivity index (χ0n) is 13.0. The van der Waals surface area contributed by atoms with Gasteiger partial charge < -0.3 is 10.4 Å². The fourth-order valence-corrected chi connectivity index (χ4v) is 2.71. The molecule has 0 aromatic heterocycles. The second kappa shape index (κ2) is 6.96. The van der Waals surface area contributed by atoms with Crippen molar-refractivity contribution in [2.75, 3.05) is 0 Å². The molecule has 0 aliphatic carbocycles. The van der Waals surface area contributed by atoms with E-state index in [-0.39, 0.29) is 12.3 Å². The monoisotopic (exact) mass is 319 g/mol. The molecule has 3 aromatic carbocycles. The Morgan fingerprint density at radius 1 is 0.875 bits per heavy atom. The third-order valence-corrected chi connectivity index (χ3v) is 3.92. The maximum absolute atomic E-state index is 12.6. The lowest BCUT2D eigenvalue weighted by Gasteiger charge is -2.15. The molecular formula is C20H17NO3. The lowest BCUT2D eigenvalue weighted by Crippen LogP contribution is -2.42. The average molecular weight is 319 g/mol. The van der Waals surface area contributed by atoms with Crippen molar-refractivity contribution in [1.82, 2.24) is 5.32 Å². The normalized spacial score (nSPS) is 11.8.